The van der Waals surface area contributed by atoms with Crippen LogP contribution in [0.4, 0.5) is 10.3 Å². The summed E-state index contributed by atoms with van der Waals surface area (Å²) in [6, 6.07) is 8.42. The third kappa shape index (κ3) is 3.68. The molecule has 2 atom stereocenters. The lowest BCUT2D eigenvalue weighted by molar-refractivity contribution is 0.576. The van der Waals surface area contributed by atoms with Crippen molar-refractivity contribution in [3.63, 3.8) is 0 Å². The van der Waals surface area contributed by atoms with Gasteiger partial charge in [0.1, 0.15) is 11.1 Å². The molecule has 2 heterocycles. The molecular weight excluding hydrogens is 351 g/mol. The second kappa shape index (κ2) is 7.80. The van der Waals surface area contributed by atoms with E-state index < -0.39 is 17.0 Å². The standard InChI is InChI=1S/C19H19FN4OS/c1-3-12(2)26(25)18-16(5-4-8-22-18)13-6-7-15(17(20)9-13)14-10-23-19(21)24-11-14/h4-12H,3H2,1-2H3,(H2,21,23,24). The summed E-state index contributed by atoms with van der Waals surface area (Å²) in [5, 5.41) is 0.449. The maximum atomic E-state index is 14.7. The number of hydrogen-bond donors (Lipinski definition) is 1. The van der Waals surface area contributed by atoms with E-state index in [1.807, 2.05) is 19.9 Å². The first-order valence-corrected chi connectivity index (χ1v) is 9.46. The summed E-state index contributed by atoms with van der Waals surface area (Å²) in [6.45, 7) is 3.90. The Kier molecular flexibility index (Phi) is 5.49. The minimum absolute atomic E-state index is 0.0281. The van der Waals surface area contributed by atoms with Crippen LogP contribution in [0.5, 0.6) is 0 Å². The number of rotatable bonds is 5. The second-order valence-corrected chi connectivity index (χ2v) is 7.68. The topological polar surface area (TPSA) is 87.8 Å². The Hall–Kier alpha value is -2.51. The van der Waals surface area contributed by atoms with Gasteiger partial charge in [0.15, 0.2) is 0 Å². The van der Waals surface area contributed by atoms with Gasteiger partial charge in [0, 0.05) is 40.9 Å². The Balaban J connectivity index is 2.01. The molecule has 0 saturated heterocycles. The Bertz CT molecular complexity index is 904. The smallest absolute Gasteiger partial charge is 0.252 e. The first kappa shape index (κ1) is 18.3. The van der Waals surface area contributed by atoms with Crippen molar-refractivity contribution in [2.24, 2.45) is 0 Å². The molecular formula is C19H19FN4OS. The number of hydrogen-bond acceptors (Lipinski definition) is 5. The van der Waals surface area contributed by atoms with Gasteiger partial charge in [0.05, 0.1) is 5.56 Å². The van der Waals surface area contributed by atoms with Gasteiger partial charge in [0.25, 0.3) is 5.03 Å². The highest BCUT2D eigenvalue weighted by Crippen LogP contribution is 2.32. The van der Waals surface area contributed by atoms with Crippen LogP contribution in [-0.2, 0) is 11.2 Å². The van der Waals surface area contributed by atoms with Crippen molar-refractivity contribution in [2.45, 2.75) is 30.5 Å². The average Bonchev–Trinajstić information content (AvgIpc) is 2.67. The van der Waals surface area contributed by atoms with E-state index in [9.17, 15) is 8.94 Å². The largest absolute Gasteiger partial charge is 0.610 e. The maximum Gasteiger partial charge on any atom is 0.252 e. The van der Waals surface area contributed by atoms with Crippen molar-refractivity contribution in [2.75, 3.05) is 5.73 Å². The lowest BCUT2D eigenvalue weighted by Gasteiger charge is -2.18. The predicted octanol–water partition coefficient (Wildman–Crippen LogP) is 3.83. The summed E-state index contributed by atoms with van der Waals surface area (Å²) in [6.07, 6.45) is 5.34. The van der Waals surface area contributed by atoms with Crippen LogP contribution in [0, 0.1) is 5.82 Å². The Labute approximate surface area is 154 Å². The summed E-state index contributed by atoms with van der Waals surface area (Å²) in [5.41, 5.74) is 7.69. The van der Waals surface area contributed by atoms with E-state index in [4.69, 9.17) is 5.73 Å². The zero-order valence-corrected chi connectivity index (χ0v) is 15.3. The van der Waals surface area contributed by atoms with E-state index in [2.05, 4.69) is 15.0 Å². The number of benzene rings is 1. The summed E-state index contributed by atoms with van der Waals surface area (Å²) < 4.78 is 27.4. The number of pyridine rings is 1. The van der Waals surface area contributed by atoms with Crippen LogP contribution in [0.3, 0.4) is 0 Å². The zero-order chi connectivity index (χ0) is 18.7. The van der Waals surface area contributed by atoms with E-state index in [0.29, 0.717) is 27.3 Å². The lowest BCUT2D eigenvalue weighted by atomic mass is 10.0. The van der Waals surface area contributed by atoms with Crippen LogP contribution in [-0.4, -0.2) is 24.8 Å². The maximum absolute atomic E-state index is 14.7. The SMILES string of the molecule is CCC(C)[S+]([O-])c1ncccc1-c1ccc(-c2cnc(N)nc2)c(F)c1. The van der Waals surface area contributed by atoms with Crippen molar-refractivity contribution in [1.29, 1.82) is 0 Å². The molecule has 0 aliphatic heterocycles. The van der Waals surface area contributed by atoms with E-state index in [0.717, 1.165) is 6.42 Å². The van der Waals surface area contributed by atoms with Crippen LogP contribution in [0.2, 0.25) is 0 Å². The van der Waals surface area contributed by atoms with E-state index in [-0.39, 0.29) is 11.2 Å². The molecule has 2 aromatic heterocycles. The molecule has 0 saturated carbocycles. The van der Waals surface area contributed by atoms with Gasteiger partial charge in [-0.1, -0.05) is 19.1 Å². The van der Waals surface area contributed by atoms with Gasteiger partial charge in [0.2, 0.25) is 5.95 Å². The fourth-order valence-electron chi connectivity index (χ4n) is 2.51. The molecule has 0 aliphatic carbocycles. The predicted molar refractivity (Wildman–Crippen MR) is 101 cm³/mol. The summed E-state index contributed by atoms with van der Waals surface area (Å²) in [5.74, 6) is -0.279. The first-order valence-electron chi connectivity index (χ1n) is 8.24. The normalized spacial score (nSPS) is 13.4. The molecule has 134 valence electrons. The molecule has 0 bridgehead atoms. The minimum atomic E-state index is -1.26. The zero-order valence-electron chi connectivity index (χ0n) is 14.5. The van der Waals surface area contributed by atoms with Crippen LogP contribution < -0.4 is 5.73 Å². The van der Waals surface area contributed by atoms with Gasteiger partial charge < -0.3 is 10.3 Å². The molecule has 3 aromatic rings. The monoisotopic (exact) mass is 370 g/mol. The van der Waals surface area contributed by atoms with Crippen molar-refractivity contribution in [3.05, 3.63) is 54.7 Å². The molecule has 0 aliphatic rings. The molecule has 5 nitrogen and oxygen atoms in total. The summed E-state index contributed by atoms with van der Waals surface area (Å²) >= 11 is -1.26. The number of nitrogens with two attached hydrogens (primary N) is 1. The van der Waals surface area contributed by atoms with Gasteiger partial charge in [-0.2, -0.15) is 0 Å². The number of halogens is 1. The fraction of sp³-hybridized carbons (Fsp3) is 0.211. The Morgan fingerprint density at radius 1 is 1.12 bits per heavy atom. The lowest BCUT2D eigenvalue weighted by Crippen LogP contribution is -2.19. The molecule has 7 heteroatoms. The number of anilines is 1. The van der Waals surface area contributed by atoms with E-state index in [1.54, 1.807) is 24.4 Å². The molecule has 0 radical (unpaired) electrons. The Morgan fingerprint density at radius 3 is 2.50 bits per heavy atom. The molecule has 3 rings (SSSR count). The molecule has 0 amide bonds. The van der Waals surface area contributed by atoms with Crippen molar-refractivity contribution >= 4 is 17.1 Å². The van der Waals surface area contributed by atoms with Crippen molar-refractivity contribution in [1.82, 2.24) is 15.0 Å². The van der Waals surface area contributed by atoms with Gasteiger partial charge in [-0.3, -0.25) is 0 Å². The highest BCUT2D eigenvalue weighted by Gasteiger charge is 2.24. The van der Waals surface area contributed by atoms with Crippen molar-refractivity contribution in [3.8, 4) is 22.3 Å². The van der Waals surface area contributed by atoms with Crippen LogP contribution in [0.25, 0.3) is 22.3 Å². The summed E-state index contributed by atoms with van der Waals surface area (Å²) in [4.78, 5) is 12.1. The van der Waals surface area contributed by atoms with Gasteiger partial charge in [-0.15, -0.1) is 0 Å². The minimum Gasteiger partial charge on any atom is -0.610 e. The molecule has 26 heavy (non-hydrogen) atoms. The van der Waals surface area contributed by atoms with E-state index >= 15 is 0 Å². The molecule has 0 spiro atoms. The van der Waals surface area contributed by atoms with Gasteiger partial charge in [-0.25, -0.2) is 19.3 Å². The first-order chi connectivity index (χ1) is 12.5. The van der Waals surface area contributed by atoms with Crippen molar-refractivity contribution < 1.29 is 8.94 Å². The second-order valence-electron chi connectivity index (χ2n) is 5.90. The highest BCUT2D eigenvalue weighted by molar-refractivity contribution is 7.92. The van der Waals surface area contributed by atoms with Crippen LogP contribution >= 0.6 is 0 Å². The molecule has 2 unspecified atom stereocenters. The molecule has 2 N–H and O–H groups in total. The number of aromatic nitrogens is 3. The third-order valence-corrected chi connectivity index (χ3v) is 5.94. The number of nitrogens with zero attached hydrogens (tertiary/aromatic N) is 3. The van der Waals surface area contributed by atoms with Crippen LogP contribution in [0.1, 0.15) is 20.3 Å². The van der Waals surface area contributed by atoms with E-state index in [1.165, 1.54) is 18.5 Å². The average molecular weight is 370 g/mol. The highest BCUT2D eigenvalue weighted by atomic mass is 32.2. The quantitative estimate of drug-likeness (QED) is 0.690. The Morgan fingerprint density at radius 2 is 1.85 bits per heavy atom. The number of nitrogen functional groups attached to an aromatic ring is 1. The van der Waals surface area contributed by atoms with Gasteiger partial charge in [-0.05, 0) is 37.1 Å². The summed E-state index contributed by atoms with van der Waals surface area (Å²) in [7, 11) is 0. The molecule has 0 fully saturated rings. The van der Waals surface area contributed by atoms with Gasteiger partial charge >= 0.3 is 0 Å². The fourth-order valence-corrected chi connectivity index (χ4v) is 3.76. The molecule has 1 aromatic carbocycles. The third-order valence-electron chi connectivity index (χ3n) is 4.16. The van der Waals surface area contributed by atoms with Crippen LogP contribution in [0.15, 0.2) is 53.9 Å².